The summed E-state index contributed by atoms with van der Waals surface area (Å²) >= 11 is 18.1. The van der Waals surface area contributed by atoms with Crippen LogP contribution in [-0.2, 0) is 24.8 Å². The molecule has 2 atom stereocenters. The third kappa shape index (κ3) is 9.20. The number of halogens is 4. The van der Waals surface area contributed by atoms with Crippen LogP contribution in [0.3, 0.4) is 0 Å². The average Bonchev–Trinajstić information content (AvgIpc) is 2.81. The number of carbonyl (C=O) groups is 1. The van der Waals surface area contributed by atoms with Crippen LogP contribution < -0.4 is 26.5 Å². The second-order valence-electron chi connectivity index (χ2n) is 8.86. The Morgan fingerprint density at radius 3 is 2.22 bits per heavy atom. The van der Waals surface area contributed by atoms with Crippen molar-refractivity contribution in [1.82, 2.24) is 0 Å². The van der Waals surface area contributed by atoms with E-state index in [9.17, 15) is 18.3 Å². The fourth-order valence-electron chi connectivity index (χ4n) is 3.41. The monoisotopic (exact) mass is 690 g/mol. The van der Waals surface area contributed by atoms with Crippen molar-refractivity contribution in [2.45, 2.75) is 45.3 Å². The van der Waals surface area contributed by atoms with E-state index in [2.05, 4.69) is 19.2 Å². The van der Waals surface area contributed by atoms with Crippen LogP contribution in [0.4, 0.5) is 5.69 Å². The van der Waals surface area contributed by atoms with E-state index in [1.807, 2.05) is 36.4 Å². The number of aliphatic hydroxyl groups is 1. The first-order valence-electron chi connectivity index (χ1n) is 11.3. The van der Waals surface area contributed by atoms with Gasteiger partial charge in [-0.05, 0) is 0 Å². The normalized spacial score (nSPS) is 13.9. The van der Waals surface area contributed by atoms with Gasteiger partial charge >= 0.3 is 218 Å². The second-order valence-corrected chi connectivity index (χ2v) is 15.1. The summed E-state index contributed by atoms with van der Waals surface area (Å²) in [7, 11) is -3.31. The number of esters is 1. The van der Waals surface area contributed by atoms with E-state index in [4.69, 9.17) is 39.5 Å². The minimum atomic E-state index is -3.31. The molecule has 0 aliphatic rings. The van der Waals surface area contributed by atoms with Crippen LogP contribution in [-0.4, -0.2) is 60.1 Å². The Morgan fingerprint density at radius 1 is 1.14 bits per heavy atom. The zero-order chi connectivity index (χ0) is 27.1. The van der Waals surface area contributed by atoms with Crippen molar-refractivity contribution >= 4 is 56.3 Å². The van der Waals surface area contributed by atoms with Crippen LogP contribution in [0.1, 0.15) is 38.8 Å². The van der Waals surface area contributed by atoms with Gasteiger partial charge in [-0.1, -0.05) is 0 Å². The number of carbonyl (C=O) groups excluding carboxylic acids is 1. The Labute approximate surface area is 239 Å². The molecule has 0 aliphatic heterocycles. The summed E-state index contributed by atoms with van der Waals surface area (Å²) in [6.45, 7) is 7.36. The Hall–Kier alpha value is -0.780. The van der Waals surface area contributed by atoms with Crippen LogP contribution in [0.15, 0.2) is 36.4 Å². The summed E-state index contributed by atoms with van der Waals surface area (Å²) in [5.74, 6) is -0.569. The van der Waals surface area contributed by atoms with Crippen LogP contribution >= 0.6 is 34.8 Å². The maximum atomic E-state index is 12.1. The van der Waals surface area contributed by atoms with Crippen molar-refractivity contribution in [3.63, 3.8) is 0 Å². The molecule has 0 saturated heterocycles. The van der Waals surface area contributed by atoms with Crippen LogP contribution in [0.5, 0.6) is 0 Å². The van der Waals surface area contributed by atoms with Crippen molar-refractivity contribution in [2.75, 3.05) is 33.7 Å². The van der Waals surface area contributed by atoms with Gasteiger partial charge in [-0.3, -0.25) is 0 Å². The molecule has 0 radical (unpaired) electrons. The van der Waals surface area contributed by atoms with Gasteiger partial charge in [0, 0.05) is 0 Å². The molecule has 0 saturated carbocycles. The van der Waals surface area contributed by atoms with E-state index in [0.717, 1.165) is 20.4 Å². The Kier molecular flexibility index (Phi) is 12.1. The zero-order valence-corrected chi connectivity index (χ0v) is 25.9. The molecular weight excluding hydrogens is 660 g/mol. The predicted octanol–water partition coefficient (Wildman–Crippen LogP) is 1.96. The predicted molar refractivity (Wildman–Crippen MR) is 144 cm³/mol. The zero-order valence-electron chi connectivity index (χ0n) is 20.7. The van der Waals surface area contributed by atoms with E-state index in [1.165, 1.54) is 6.92 Å². The van der Waals surface area contributed by atoms with E-state index in [0.29, 0.717) is 21.0 Å². The number of alkyl halides is 2. The van der Waals surface area contributed by atoms with Crippen molar-refractivity contribution in [2.24, 2.45) is 0 Å². The van der Waals surface area contributed by atoms with Gasteiger partial charge < -0.3 is 5.11 Å². The van der Waals surface area contributed by atoms with Gasteiger partial charge in [0.2, 0.25) is 0 Å². The molecule has 11 heteroatoms. The number of aliphatic hydroxyl groups excluding tert-OH is 1. The van der Waals surface area contributed by atoms with Gasteiger partial charge in [0.1, 0.15) is 0 Å². The third-order valence-corrected chi connectivity index (χ3v) is 12.3. The summed E-state index contributed by atoms with van der Waals surface area (Å²) in [6.07, 6.45) is -1.34. The number of sulfone groups is 1. The third-order valence-electron chi connectivity index (χ3n) is 5.63. The second kappa shape index (κ2) is 13.8. The van der Waals surface area contributed by atoms with Gasteiger partial charge in [-0.15, -0.1) is 11.6 Å². The SMILES string of the molecule is CCS(=O)(=O)CC(C[I-]c1c(Cl)cc(C(C)(C)c2ccc(NCC(O)CCl)cc2)cc1Cl)OC(C)=O. The van der Waals surface area contributed by atoms with Crippen molar-refractivity contribution < 1.29 is 44.3 Å². The molecule has 0 amide bonds. The molecule has 2 N–H and O–H groups in total. The van der Waals surface area contributed by atoms with Crippen molar-refractivity contribution in [3.8, 4) is 0 Å². The summed E-state index contributed by atoms with van der Waals surface area (Å²) in [6, 6.07) is 11.7. The number of ether oxygens (including phenoxy) is 1. The Morgan fingerprint density at radius 2 is 1.72 bits per heavy atom. The van der Waals surface area contributed by atoms with Gasteiger partial charge in [-0.2, -0.15) is 0 Å². The molecular formula is C25H32Cl3INO5S-. The van der Waals surface area contributed by atoms with E-state index < -0.39 is 54.6 Å². The number of hydrogen-bond acceptors (Lipinski definition) is 6. The molecule has 36 heavy (non-hydrogen) atoms. The van der Waals surface area contributed by atoms with E-state index >= 15 is 0 Å². The fraction of sp³-hybridized carbons (Fsp3) is 0.480. The molecule has 0 bridgehead atoms. The maximum absolute atomic E-state index is 12.1. The number of benzene rings is 2. The fourth-order valence-corrected chi connectivity index (χ4v) is 8.56. The van der Waals surface area contributed by atoms with Gasteiger partial charge in [0.05, 0.1) is 5.88 Å². The molecule has 0 heterocycles. The first-order chi connectivity index (χ1) is 16.8. The first-order valence-corrected chi connectivity index (χ1v) is 17.1. The van der Waals surface area contributed by atoms with Crippen molar-refractivity contribution in [3.05, 3.63) is 61.1 Å². The molecule has 0 aliphatic carbocycles. The quantitative estimate of drug-likeness (QED) is 0.145. The summed E-state index contributed by atoms with van der Waals surface area (Å²) in [4.78, 5) is 11.5. The van der Waals surface area contributed by atoms with E-state index in [1.54, 1.807) is 6.92 Å². The summed E-state index contributed by atoms with van der Waals surface area (Å²) in [5.41, 5.74) is 2.48. The van der Waals surface area contributed by atoms with Gasteiger partial charge in [0.15, 0.2) is 0 Å². The number of nitrogens with one attached hydrogen (secondary N) is 1. The molecule has 2 unspecified atom stereocenters. The standard InChI is InChI=1S/C25H32Cl3INO5S/c1-5-36(33,34)15-21(35-16(2)31)13-29-24-22(27)10-18(11-23(24)28)25(3,4)17-6-8-19(9-7-17)30-14-20(32)12-26/h6-11,20-21,30,32H,5,12-15H2,1-4H3/q-1. The van der Waals surface area contributed by atoms with E-state index in [-0.39, 0.29) is 17.4 Å². The first kappa shape index (κ1) is 31.4. The average molecular weight is 692 g/mol. The Bertz CT molecular complexity index is 1120. The molecule has 0 aromatic heterocycles. The molecule has 202 valence electrons. The summed E-state index contributed by atoms with van der Waals surface area (Å²) in [5, 5.41) is 13.8. The molecule has 2 rings (SSSR count). The van der Waals surface area contributed by atoms with Gasteiger partial charge in [-0.25, -0.2) is 0 Å². The minimum absolute atomic E-state index is 0.0131. The van der Waals surface area contributed by atoms with Crippen LogP contribution in [0.25, 0.3) is 0 Å². The molecule has 2 aromatic carbocycles. The molecule has 0 spiro atoms. The Balaban J connectivity index is 2.20. The molecule has 0 fully saturated rings. The van der Waals surface area contributed by atoms with Crippen molar-refractivity contribution in [1.29, 1.82) is 0 Å². The van der Waals surface area contributed by atoms with Crippen LogP contribution in [0, 0.1) is 3.57 Å². The summed E-state index contributed by atoms with van der Waals surface area (Å²) < 4.78 is 30.6. The molecule has 6 nitrogen and oxygen atoms in total. The van der Waals surface area contributed by atoms with Gasteiger partial charge in [0.25, 0.3) is 0 Å². The number of anilines is 1. The van der Waals surface area contributed by atoms with Crippen LogP contribution in [0.2, 0.25) is 10.0 Å². The topological polar surface area (TPSA) is 92.7 Å². The number of rotatable bonds is 13. The molecule has 2 aromatic rings. The number of hydrogen-bond donors (Lipinski definition) is 2.